The van der Waals surface area contributed by atoms with Crippen LogP contribution in [0, 0.1) is 0 Å². The van der Waals surface area contributed by atoms with Gasteiger partial charge in [-0.15, -0.1) is 23.1 Å². The van der Waals surface area contributed by atoms with Gasteiger partial charge in [0, 0.05) is 64.4 Å². The van der Waals surface area contributed by atoms with Crippen LogP contribution < -0.4 is 10.2 Å². The van der Waals surface area contributed by atoms with Crippen molar-refractivity contribution >= 4 is 76.8 Å². The molecule has 44 heavy (non-hydrogen) atoms. The zero-order valence-electron chi connectivity index (χ0n) is 23.9. The molecular weight excluding hydrogens is 573 g/mol. The minimum absolute atomic E-state index is 0.336. The van der Waals surface area contributed by atoms with Gasteiger partial charge in [-0.1, -0.05) is 84.9 Å². The van der Waals surface area contributed by atoms with Gasteiger partial charge in [0.2, 0.25) is 0 Å². The molecule has 6 aromatic carbocycles. The van der Waals surface area contributed by atoms with Crippen molar-refractivity contribution < 1.29 is 0 Å². The lowest BCUT2D eigenvalue weighted by molar-refractivity contribution is 0.867. The van der Waals surface area contributed by atoms with Gasteiger partial charge < -0.3 is 10.2 Å². The third-order valence-corrected chi connectivity index (χ3v) is 11.2. The van der Waals surface area contributed by atoms with Crippen LogP contribution in [0.4, 0.5) is 22.7 Å². The largest absolute Gasteiger partial charge is 0.356 e. The number of fused-ring (bicyclic) bond motifs is 7. The molecule has 1 N–H and O–H groups in total. The minimum Gasteiger partial charge on any atom is -0.356 e. The highest BCUT2D eigenvalue weighted by molar-refractivity contribution is 8.00. The number of para-hydroxylation sites is 1. The van der Waals surface area contributed by atoms with Crippen LogP contribution in [-0.4, -0.2) is 5.25 Å². The van der Waals surface area contributed by atoms with E-state index < -0.39 is 0 Å². The van der Waals surface area contributed by atoms with Crippen LogP contribution in [0.5, 0.6) is 0 Å². The molecule has 2 unspecified atom stereocenters. The second-order valence-corrected chi connectivity index (χ2v) is 13.7. The van der Waals surface area contributed by atoms with E-state index in [1.54, 1.807) is 0 Å². The van der Waals surface area contributed by atoms with Crippen LogP contribution in [0.1, 0.15) is 11.5 Å². The molecule has 1 aromatic heterocycles. The summed E-state index contributed by atoms with van der Waals surface area (Å²) in [5, 5.41) is 9.07. The van der Waals surface area contributed by atoms with Crippen molar-refractivity contribution in [3.05, 3.63) is 163 Å². The number of thiophene rings is 1. The predicted octanol–water partition coefficient (Wildman–Crippen LogP) is 11.8. The number of hydrogen-bond acceptors (Lipinski definition) is 4. The SMILES string of the molecule is C1=CC2c3cc(Nc4ccccc4)ccc3SC2C=C1N(c1ccc2c(c1)sc1ccccc12)c1cccc2ccccc12. The van der Waals surface area contributed by atoms with Gasteiger partial charge in [0.05, 0.1) is 5.69 Å². The summed E-state index contributed by atoms with van der Waals surface area (Å²) >= 11 is 3.85. The maximum absolute atomic E-state index is 3.58. The molecule has 0 saturated carbocycles. The van der Waals surface area contributed by atoms with Crippen molar-refractivity contribution in [3.63, 3.8) is 0 Å². The number of thioether (sulfide) groups is 1. The predicted molar refractivity (Wildman–Crippen MR) is 191 cm³/mol. The molecule has 0 fully saturated rings. The smallest absolute Gasteiger partial charge is 0.0539 e. The van der Waals surface area contributed by atoms with Gasteiger partial charge in [-0.25, -0.2) is 0 Å². The Kier molecular flexibility index (Phi) is 6.10. The van der Waals surface area contributed by atoms with E-state index >= 15 is 0 Å². The van der Waals surface area contributed by atoms with Gasteiger partial charge in [0.1, 0.15) is 0 Å². The number of benzene rings is 6. The second-order valence-electron chi connectivity index (χ2n) is 11.4. The van der Waals surface area contributed by atoms with E-state index in [0.29, 0.717) is 11.2 Å². The highest BCUT2D eigenvalue weighted by Gasteiger charge is 2.34. The third-order valence-electron chi connectivity index (χ3n) is 8.74. The van der Waals surface area contributed by atoms with Gasteiger partial charge in [0.15, 0.2) is 0 Å². The molecule has 0 bridgehead atoms. The number of rotatable bonds is 5. The summed E-state index contributed by atoms with van der Waals surface area (Å²) in [6.07, 6.45) is 7.24. The molecular formula is C40H28N2S2. The van der Waals surface area contributed by atoms with Gasteiger partial charge in [-0.3, -0.25) is 0 Å². The quantitative estimate of drug-likeness (QED) is 0.212. The van der Waals surface area contributed by atoms with Gasteiger partial charge in [-0.2, -0.15) is 0 Å². The summed E-state index contributed by atoms with van der Waals surface area (Å²) in [5.41, 5.74) is 7.24. The average molecular weight is 601 g/mol. The first-order valence-corrected chi connectivity index (χ1v) is 16.7. The first-order valence-electron chi connectivity index (χ1n) is 15.0. The standard InChI is InChI=1S/C40H28N2S2/c1-2-11-27(12-3-1)41-28-17-22-38-35(23-28)34-21-19-30(25-40(34)44-38)42(36-15-8-10-26-9-4-5-13-31(26)36)29-18-20-33-32-14-6-7-16-37(32)43-39(33)24-29/h1-25,34,40-41H. The van der Waals surface area contributed by atoms with E-state index in [0.717, 1.165) is 11.4 Å². The van der Waals surface area contributed by atoms with Gasteiger partial charge in [-0.05, 0) is 77.7 Å². The fourth-order valence-electron chi connectivity index (χ4n) is 6.69. The van der Waals surface area contributed by atoms with Gasteiger partial charge >= 0.3 is 0 Å². The van der Waals surface area contributed by atoms with Crippen LogP contribution in [0.25, 0.3) is 30.9 Å². The molecule has 2 nitrogen and oxygen atoms in total. The first-order chi connectivity index (χ1) is 21.8. The molecule has 0 radical (unpaired) electrons. The molecule has 1 aliphatic heterocycles. The van der Waals surface area contributed by atoms with Crippen molar-refractivity contribution in [2.75, 3.05) is 10.2 Å². The molecule has 9 rings (SSSR count). The molecule has 210 valence electrons. The Hall–Kier alpha value is -4.77. The first kappa shape index (κ1) is 25.7. The van der Waals surface area contributed by atoms with E-state index in [4.69, 9.17) is 0 Å². The van der Waals surface area contributed by atoms with E-state index in [1.165, 1.54) is 58.5 Å². The fraction of sp³-hybridized carbons (Fsp3) is 0.0500. The Balaban J connectivity index is 1.13. The Morgan fingerprint density at radius 1 is 0.614 bits per heavy atom. The zero-order chi connectivity index (χ0) is 29.0. The number of nitrogens with one attached hydrogen (secondary N) is 1. The van der Waals surface area contributed by atoms with Crippen molar-refractivity contribution in [2.24, 2.45) is 0 Å². The number of nitrogens with zero attached hydrogens (tertiary/aromatic N) is 1. The number of anilines is 4. The maximum atomic E-state index is 3.58. The maximum Gasteiger partial charge on any atom is 0.0539 e. The number of hydrogen-bond donors (Lipinski definition) is 1. The Labute approximate surface area is 265 Å². The third kappa shape index (κ3) is 4.33. The molecule has 2 heterocycles. The molecule has 0 spiro atoms. The van der Waals surface area contributed by atoms with Crippen LogP contribution in [-0.2, 0) is 0 Å². The summed E-state index contributed by atoms with van der Waals surface area (Å²) in [6.45, 7) is 0. The zero-order valence-corrected chi connectivity index (χ0v) is 25.5. The molecule has 4 heteroatoms. The molecule has 0 saturated heterocycles. The monoisotopic (exact) mass is 600 g/mol. The van der Waals surface area contributed by atoms with Crippen molar-refractivity contribution in [1.29, 1.82) is 0 Å². The van der Waals surface area contributed by atoms with Gasteiger partial charge in [0.25, 0.3) is 0 Å². The van der Waals surface area contributed by atoms with E-state index in [9.17, 15) is 0 Å². The second kappa shape index (κ2) is 10.4. The topological polar surface area (TPSA) is 15.3 Å². The van der Waals surface area contributed by atoms with E-state index in [2.05, 4.69) is 156 Å². The molecule has 2 atom stereocenters. The summed E-state index contributed by atoms with van der Waals surface area (Å²) in [7, 11) is 0. The lowest BCUT2D eigenvalue weighted by Crippen LogP contribution is -2.20. The lowest BCUT2D eigenvalue weighted by Gasteiger charge is -2.31. The Bertz CT molecular complexity index is 2260. The summed E-state index contributed by atoms with van der Waals surface area (Å²) in [6, 6.07) is 48.3. The Morgan fingerprint density at radius 3 is 2.34 bits per heavy atom. The van der Waals surface area contributed by atoms with E-state index in [1.807, 2.05) is 29.2 Å². The van der Waals surface area contributed by atoms with Crippen molar-refractivity contribution in [2.45, 2.75) is 16.1 Å². The summed E-state index contributed by atoms with van der Waals surface area (Å²) < 4.78 is 2.64. The van der Waals surface area contributed by atoms with Crippen LogP contribution in [0.2, 0.25) is 0 Å². The normalized spacial score (nSPS) is 17.0. The summed E-state index contributed by atoms with van der Waals surface area (Å²) in [5.74, 6) is 0.343. The van der Waals surface area contributed by atoms with E-state index in [-0.39, 0.29) is 0 Å². The summed E-state index contributed by atoms with van der Waals surface area (Å²) in [4.78, 5) is 3.83. The highest BCUT2D eigenvalue weighted by Crippen LogP contribution is 2.51. The Morgan fingerprint density at radius 2 is 1.41 bits per heavy atom. The molecule has 0 amide bonds. The van der Waals surface area contributed by atoms with Crippen molar-refractivity contribution in [1.82, 2.24) is 0 Å². The molecule has 7 aromatic rings. The van der Waals surface area contributed by atoms with Crippen LogP contribution in [0.3, 0.4) is 0 Å². The van der Waals surface area contributed by atoms with Crippen molar-refractivity contribution in [3.8, 4) is 0 Å². The minimum atomic E-state index is 0.336. The molecule has 2 aliphatic rings. The van der Waals surface area contributed by atoms with Crippen LogP contribution in [0.15, 0.2) is 162 Å². The lowest BCUT2D eigenvalue weighted by atomic mass is 9.90. The number of allylic oxidation sites excluding steroid dienone is 2. The molecule has 1 aliphatic carbocycles. The highest BCUT2D eigenvalue weighted by atomic mass is 32.2. The van der Waals surface area contributed by atoms with Crippen LogP contribution >= 0.6 is 23.1 Å². The fourth-order valence-corrected chi connectivity index (χ4v) is 9.19. The average Bonchev–Trinajstić information content (AvgIpc) is 3.63.